The first kappa shape index (κ1) is 22.6. The number of piperidine rings is 1. The first-order valence-corrected chi connectivity index (χ1v) is 11.5. The van der Waals surface area contributed by atoms with E-state index >= 15 is 0 Å². The number of rotatable bonds is 4. The van der Waals surface area contributed by atoms with Gasteiger partial charge in [0.05, 0.1) is 5.56 Å². The van der Waals surface area contributed by atoms with Gasteiger partial charge in [0, 0.05) is 44.8 Å². The van der Waals surface area contributed by atoms with Gasteiger partial charge < -0.3 is 10.3 Å². The van der Waals surface area contributed by atoms with Gasteiger partial charge in [-0.1, -0.05) is 6.07 Å². The second-order valence-electron chi connectivity index (χ2n) is 9.56. The van der Waals surface area contributed by atoms with Gasteiger partial charge >= 0.3 is 6.18 Å². The molecule has 0 spiro atoms. The van der Waals surface area contributed by atoms with Crippen LogP contribution in [-0.4, -0.2) is 54.5 Å². The summed E-state index contributed by atoms with van der Waals surface area (Å²) < 4.78 is 67.8. The highest BCUT2D eigenvalue weighted by atomic mass is 19.4. The Hall–Kier alpha value is -2.20. The number of nitrogens with one attached hydrogen (secondary N) is 2. The molecule has 1 aliphatic carbocycles. The molecule has 5 rings (SSSR count). The van der Waals surface area contributed by atoms with Crippen molar-refractivity contribution in [3.63, 3.8) is 0 Å². The van der Waals surface area contributed by atoms with Crippen molar-refractivity contribution in [3.8, 4) is 0 Å². The molecule has 1 aromatic rings. The molecule has 2 fully saturated rings. The van der Waals surface area contributed by atoms with Crippen molar-refractivity contribution in [2.45, 2.75) is 50.2 Å². The maximum absolute atomic E-state index is 14.0. The standard InChI is InChI=1S/C23H27F5N4O/c24-17-4-3-15(19(20(17)25)23(26,27)28)14-5-9-32(10-6-14)22(33)21-16-12-31(11-13-1-2-13)8-7-18(16)29-30-21/h3-4,13-14,21,29-30H,1-2,5-12H2. The molecule has 33 heavy (non-hydrogen) atoms. The Balaban J connectivity index is 1.25. The third kappa shape index (κ3) is 4.47. The number of hydrogen-bond donors (Lipinski definition) is 2. The van der Waals surface area contributed by atoms with Gasteiger partial charge in [-0.05, 0) is 54.7 Å². The minimum atomic E-state index is -4.98. The lowest BCUT2D eigenvalue weighted by atomic mass is 9.85. The smallest absolute Gasteiger partial charge is 0.341 e. The highest BCUT2D eigenvalue weighted by Crippen LogP contribution is 2.41. The summed E-state index contributed by atoms with van der Waals surface area (Å²) in [5.74, 6) is -3.28. The van der Waals surface area contributed by atoms with Gasteiger partial charge in [0.1, 0.15) is 6.04 Å². The SMILES string of the molecule is O=C(C1NNC2=C1CN(CC1CC1)CC2)N1CCC(c2ccc(F)c(F)c2C(F)(F)F)CC1. The van der Waals surface area contributed by atoms with E-state index in [-0.39, 0.29) is 37.4 Å². The van der Waals surface area contributed by atoms with E-state index in [1.54, 1.807) is 4.90 Å². The van der Waals surface area contributed by atoms with Crippen molar-refractivity contribution in [2.75, 3.05) is 32.7 Å². The summed E-state index contributed by atoms with van der Waals surface area (Å²) in [5, 5.41) is 0. The highest BCUT2D eigenvalue weighted by Gasteiger charge is 2.42. The van der Waals surface area contributed by atoms with Crippen molar-refractivity contribution >= 4 is 5.91 Å². The van der Waals surface area contributed by atoms with Crippen LogP contribution in [0.15, 0.2) is 23.4 Å². The predicted molar refractivity (Wildman–Crippen MR) is 111 cm³/mol. The summed E-state index contributed by atoms with van der Waals surface area (Å²) in [5.41, 5.74) is 6.58. The first-order chi connectivity index (χ1) is 15.7. The normalized spacial score (nSPS) is 24.8. The van der Waals surface area contributed by atoms with E-state index in [0.717, 1.165) is 55.4 Å². The van der Waals surface area contributed by atoms with Crippen LogP contribution in [0, 0.1) is 17.6 Å². The lowest BCUT2D eigenvalue weighted by Gasteiger charge is -2.35. The van der Waals surface area contributed by atoms with E-state index in [1.807, 2.05) is 0 Å². The Kier molecular flexibility index (Phi) is 5.84. The van der Waals surface area contributed by atoms with E-state index in [2.05, 4.69) is 15.8 Å². The molecule has 0 radical (unpaired) electrons. The lowest BCUT2D eigenvalue weighted by Crippen LogP contribution is -2.50. The molecular weight excluding hydrogens is 443 g/mol. The average molecular weight is 470 g/mol. The zero-order chi connectivity index (χ0) is 23.3. The fourth-order valence-corrected chi connectivity index (χ4v) is 5.32. The molecule has 5 nitrogen and oxygen atoms in total. The highest BCUT2D eigenvalue weighted by molar-refractivity contribution is 5.86. The van der Waals surface area contributed by atoms with Crippen molar-refractivity contribution in [2.24, 2.45) is 5.92 Å². The third-order valence-electron chi connectivity index (χ3n) is 7.29. The summed E-state index contributed by atoms with van der Waals surface area (Å²) in [7, 11) is 0. The number of carbonyl (C=O) groups excluding carboxylic acids is 1. The van der Waals surface area contributed by atoms with Gasteiger partial charge in [0.25, 0.3) is 0 Å². The number of halogens is 5. The van der Waals surface area contributed by atoms with Crippen LogP contribution in [0.2, 0.25) is 0 Å². The lowest BCUT2D eigenvalue weighted by molar-refractivity contribution is -0.141. The van der Waals surface area contributed by atoms with Crippen LogP contribution in [0.25, 0.3) is 0 Å². The Bertz CT molecular complexity index is 966. The number of hydrazine groups is 1. The molecule has 1 saturated carbocycles. The number of nitrogens with zero attached hydrogens (tertiary/aromatic N) is 2. The van der Waals surface area contributed by atoms with Gasteiger partial charge in [-0.3, -0.25) is 9.69 Å². The van der Waals surface area contributed by atoms with Crippen LogP contribution in [-0.2, 0) is 11.0 Å². The number of benzene rings is 1. The molecule has 10 heteroatoms. The van der Waals surface area contributed by atoms with Gasteiger partial charge in [0.2, 0.25) is 5.91 Å². The quantitative estimate of drug-likeness (QED) is 0.662. The molecule has 1 saturated heterocycles. The monoisotopic (exact) mass is 470 g/mol. The first-order valence-electron chi connectivity index (χ1n) is 11.5. The number of hydrogen-bond acceptors (Lipinski definition) is 4. The van der Waals surface area contributed by atoms with Crippen LogP contribution >= 0.6 is 0 Å². The largest absolute Gasteiger partial charge is 0.419 e. The number of carbonyl (C=O) groups is 1. The zero-order valence-corrected chi connectivity index (χ0v) is 18.2. The van der Waals surface area contributed by atoms with E-state index in [9.17, 15) is 26.7 Å². The number of likely N-dealkylation sites (tertiary alicyclic amines) is 1. The molecule has 180 valence electrons. The molecule has 2 N–H and O–H groups in total. The molecule has 3 aliphatic heterocycles. The molecule has 1 amide bonds. The predicted octanol–water partition coefficient (Wildman–Crippen LogP) is 3.54. The van der Waals surface area contributed by atoms with Crippen LogP contribution < -0.4 is 10.9 Å². The molecule has 1 unspecified atom stereocenters. The molecule has 1 aromatic carbocycles. The van der Waals surface area contributed by atoms with Crippen molar-refractivity contribution in [3.05, 3.63) is 46.2 Å². The molecular formula is C23H27F5N4O. The molecule has 0 aromatic heterocycles. The van der Waals surface area contributed by atoms with E-state index in [1.165, 1.54) is 12.8 Å². The van der Waals surface area contributed by atoms with Gasteiger partial charge in [-0.25, -0.2) is 14.2 Å². The summed E-state index contributed by atoms with van der Waals surface area (Å²) in [4.78, 5) is 17.3. The fraction of sp³-hybridized carbons (Fsp3) is 0.609. The minimum absolute atomic E-state index is 0.0967. The summed E-state index contributed by atoms with van der Waals surface area (Å²) in [6.45, 7) is 3.30. The van der Waals surface area contributed by atoms with Crippen molar-refractivity contribution in [1.82, 2.24) is 20.7 Å². The Labute approximate surface area is 189 Å². The van der Waals surface area contributed by atoms with Crippen molar-refractivity contribution < 1.29 is 26.7 Å². The Morgan fingerprint density at radius 2 is 1.79 bits per heavy atom. The van der Waals surface area contributed by atoms with Crippen LogP contribution in [0.5, 0.6) is 0 Å². The van der Waals surface area contributed by atoms with Crippen molar-refractivity contribution in [1.29, 1.82) is 0 Å². The summed E-state index contributed by atoms with van der Waals surface area (Å²) in [6, 6.07) is 1.29. The minimum Gasteiger partial charge on any atom is -0.341 e. The van der Waals surface area contributed by atoms with Gasteiger partial charge in [-0.15, -0.1) is 0 Å². The second kappa shape index (κ2) is 8.54. The summed E-state index contributed by atoms with van der Waals surface area (Å²) in [6.07, 6.45) is -1.06. The zero-order valence-electron chi connectivity index (χ0n) is 18.2. The van der Waals surface area contributed by atoms with E-state index in [0.29, 0.717) is 0 Å². The van der Waals surface area contributed by atoms with E-state index in [4.69, 9.17) is 0 Å². The van der Waals surface area contributed by atoms with Gasteiger partial charge in [-0.2, -0.15) is 13.2 Å². The molecule has 3 heterocycles. The summed E-state index contributed by atoms with van der Waals surface area (Å²) >= 11 is 0. The number of amides is 1. The molecule has 4 aliphatic rings. The van der Waals surface area contributed by atoms with Crippen LogP contribution in [0.3, 0.4) is 0 Å². The maximum atomic E-state index is 14.0. The maximum Gasteiger partial charge on any atom is 0.419 e. The third-order valence-corrected chi connectivity index (χ3v) is 7.29. The van der Waals surface area contributed by atoms with Gasteiger partial charge in [0.15, 0.2) is 11.6 Å². The topological polar surface area (TPSA) is 47.6 Å². The Morgan fingerprint density at radius 1 is 1.06 bits per heavy atom. The second-order valence-corrected chi connectivity index (χ2v) is 9.56. The fourth-order valence-electron chi connectivity index (χ4n) is 5.32. The average Bonchev–Trinajstić information content (AvgIpc) is 3.50. The number of alkyl halides is 3. The van der Waals surface area contributed by atoms with E-state index < -0.39 is 35.3 Å². The molecule has 0 bridgehead atoms. The molecule has 1 atom stereocenters. The van der Waals surface area contributed by atoms with Crippen LogP contribution in [0.4, 0.5) is 22.0 Å². The van der Waals surface area contributed by atoms with Crippen LogP contribution in [0.1, 0.15) is 49.1 Å². The Morgan fingerprint density at radius 3 is 2.45 bits per heavy atom.